The third kappa shape index (κ3) is 3.41. The summed E-state index contributed by atoms with van der Waals surface area (Å²) in [6.45, 7) is 1.34. The molecule has 2 aromatic heterocycles. The van der Waals surface area contributed by atoms with Crippen LogP contribution in [0.25, 0.3) is 11.3 Å². The lowest BCUT2D eigenvalue weighted by Gasteiger charge is -2.10. The van der Waals surface area contributed by atoms with Crippen molar-refractivity contribution >= 4 is 5.91 Å². The van der Waals surface area contributed by atoms with Gasteiger partial charge in [0.2, 0.25) is 0 Å². The van der Waals surface area contributed by atoms with E-state index in [1.54, 1.807) is 30.7 Å². The first kappa shape index (κ1) is 13.6. The fourth-order valence-electron chi connectivity index (χ4n) is 2.24. The number of aromatic nitrogens is 3. The summed E-state index contributed by atoms with van der Waals surface area (Å²) in [5.41, 5.74) is 2.10. The van der Waals surface area contributed by atoms with E-state index in [0.717, 1.165) is 30.7 Å². The largest absolute Gasteiger partial charge is 0.376 e. The first-order valence-corrected chi connectivity index (χ1v) is 6.94. The molecule has 1 aliphatic rings. The highest BCUT2D eigenvalue weighted by atomic mass is 16.5. The molecule has 2 aromatic rings. The summed E-state index contributed by atoms with van der Waals surface area (Å²) >= 11 is 0. The summed E-state index contributed by atoms with van der Waals surface area (Å²) in [5.74, 6) is -0.131. The lowest BCUT2D eigenvalue weighted by Crippen LogP contribution is -2.31. The molecule has 0 radical (unpaired) electrons. The van der Waals surface area contributed by atoms with Crippen LogP contribution in [0.1, 0.15) is 23.2 Å². The Morgan fingerprint density at radius 2 is 2.14 bits per heavy atom. The van der Waals surface area contributed by atoms with Crippen molar-refractivity contribution in [1.82, 2.24) is 20.3 Å². The Labute approximate surface area is 122 Å². The molecule has 0 saturated carbocycles. The fourth-order valence-corrected chi connectivity index (χ4v) is 2.24. The molecule has 108 valence electrons. The average molecular weight is 284 g/mol. The Morgan fingerprint density at radius 3 is 2.81 bits per heavy atom. The van der Waals surface area contributed by atoms with Crippen LogP contribution >= 0.6 is 0 Å². The van der Waals surface area contributed by atoms with E-state index in [2.05, 4.69) is 20.3 Å². The Morgan fingerprint density at radius 1 is 1.29 bits per heavy atom. The van der Waals surface area contributed by atoms with Crippen molar-refractivity contribution in [2.75, 3.05) is 13.2 Å². The summed E-state index contributed by atoms with van der Waals surface area (Å²) in [7, 11) is 0. The van der Waals surface area contributed by atoms with E-state index in [1.165, 1.54) is 6.33 Å². The number of hydrogen-bond acceptors (Lipinski definition) is 5. The number of nitrogens with zero attached hydrogens (tertiary/aromatic N) is 3. The number of pyridine rings is 1. The molecular formula is C15H16N4O2. The van der Waals surface area contributed by atoms with Crippen LogP contribution in [0.4, 0.5) is 0 Å². The van der Waals surface area contributed by atoms with Gasteiger partial charge >= 0.3 is 0 Å². The Hall–Kier alpha value is -2.34. The summed E-state index contributed by atoms with van der Waals surface area (Å²) in [6, 6.07) is 3.54. The Kier molecular flexibility index (Phi) is 4.16. The molecule has 1 aliphatic heterocycles. The predicted molar refractivity (Wildman–Crippen MR) is 76.6 cm³/mol. The quantitative estimate of drug-likeness (QED) is 0.919. The molecule has 1 atom stereocenters. The minimum Gasteiger partial charge on any atom is -0.376 e. The lowest BCUT2D eigenvalue weighted by molar-refractivity contribution is 0.0857. The van der Waals surface area contributed by atoms with Crippen molar-refractivity contribution in [2.45, 2.75) is 18.9 Å². The van der Waals surface area contributed by atoms with Gasteiger partial charge < -0.3 is 10.1 Å². The van der Waals surface area contributed by atoms with E-state index in [0.29, 0.717) is 12.1 Å². The molecule has 21 heavy (non-hydrogen) atoms. The molecule has 3 heterocycles. The standard InChI is InChI=1S/C15H16N4O2/c20-15(19-9-13-2-1-5-21-13)11-3-4-14(18-8-11)12-6-16-10-17-7-12/h3-4,6-8,10,13H,1-2,5,9H2,(H,19,20)/t13-/m1/s1. The zero-order chi connectivity index (χ0) is 14.5. The number of amides is 1. The second kappa shape index (κ2) is 6.41. The van der Waals surface area contributed by atoms with Crippen LogP contribution in [0.15, 0.2) is 37.1 Å². The smallest absolute Gasteiger partial charge is 0.252 e. The van der Waals surface area contributed by atoms with Crippen LogP contribution in [-0.4, -0.2) is 40.1 Å². The van der Waals surface area contributed by atoms with Crippen LogP contribution < -0.4 is 5.32 Å². The zero-order valence-corrected chi connectivity index (χ0v) is 11.5. The molecule has 6 nitrogen and oxygen atoms in total. The minimum atomic E-state index is -0.131. The van der Waals surface area contributed by atoms with Crippen LogP contribution in [0.3, 0.4) is 0 Å². The maximum atomic E-state index is 12.0. The maximum absolute atomic E-state index is 12.0. The van der Waals surface area contributed by atoms with Gasteiger partial charge in [0.1, 0.15) is 6.33 Å². The topological polar surface area (TPSA) is 77.0 Å². The van der Waals surface area contributed by atoms with Gasteiger partial charge in [-0.05, 0) is 25.0 Å². The first-order chi connectivity index (χ1) is 10.3. The average Bonchev–Trinajstić information content (AvgIpc) is 3.07. The normalized spacial score (nSPS) is 17.6. The van der Waals surface area contributed by atoms with Gasteiger partial charge in [0.05, 0.1) is 17.4 Å². The van der Waals surface area contributed by atoms with Crippen molar-refractivity contribution in [3.63, 3.8) is 0 Å². The maximum Gasteiger partial charge on any atom is 0.252 e. The van der Waals surface area contributed by atoms with E-state index < -0.39 is 0 Å². The van der Waals surface area contributed by atoms with Gasteiger partial charge in [-0.3, -0.25) is 9.78 Å². The van der Waals surface area contributed by atoms with Gasteiger partial charge in [-0.1, -0.05) is 0 Å². The minimum absolute atomic E-state index is 0.131. The van der Waals surface area contributed by atoms with Crippen molar-refractivity contribution in [3.8, 4) is 11.3 Å². The first-order valence-electron chi connectivity index (χ1n) is 6.94. The molecule has 1 amide bonds. The molecule has 1 fully saturated rings. The van der Waals surface area contributed by atoms with Crippen molar-refractivity contribution in [1.29, 1.82) is 0 Å². The molecule has 0 spiro atoms. The van der Waals surface area contributed by atoms with Crippen LogP contribution in [0.2, 0.25) is 0 Å². The Balaban J connectivity index is 1.62. The van der Waals surface area contributed by atoms with Gasteiger partial charge in [-0.15, -0.1) is 0 Å². The number of carbonyl (C=O) groups excluding carboxylic acids is 1. The molecule has 0 bridgehead atoms. The van der Waals surface area contributed by atoms with Gasteiger partial charge in [-0.25, -0.2) is 9.97 Å². The zero-order valence-electron chi connectivity index (χ0n) is 11.5. The van der Waals surface area contributed by atoms with Gasteiger partial charge in [0.15, 0.2) is 0 Å². The van der Waals surface area contributed by atoms with Gasteiger partial charge in [0.25, 0.3) is 5.91 Å². The summed E-state index contributed by atoms with van der Waals surface area (Å²) in [4.78, 5) is 24.2. The fraction of sp³-hybridized carbons (Fsp3) is 0.333. The summed E-state index contributed by atoms with van der Waals surface area (Å²) in [6.07, 6.45) is 8.62. The van der Waals surface area contributed by atoms with Gasteiger partial charge in [-0.2, -0.15) is 0 Å². The number of hydrogen-bond donors (Lipinski definition) is 1. The van der Waals surface area contributed by atoms with Gasteiger partial charge in [0, 0.05) is 37.3 Å². The number of carbonyl (C=O) groups is 1. The van der Waals surface area contributed by atoms with Crippen molar-refractivity contribution in [3.05, 3.63) is 42.6 Å². The molecule has 6 heteroatoms. The van der Waals surface area contributed by atoms with Crippen LogP contribution in [-0.2, 0) is 4.74 Å². The lowest BCUT2D eigenvalue weighted by atomic mass is 10.2. The second-order valence-electron chi connectivity index (χ2n) is 4.90. The van der Waals surface area contributed by atoms with Crippen LogP contribution in [0, 0.1) is 0 Å². The van der Waals surface area contributed by atoms with Crippen molar-refractivity contribution < 1.29 is 9.53 Å². The molecular weight excluding hydrogens is 268 g/mol. The van der Waals surface area contributed by atoms with Crippen LogP contribution in [0.5, 0.6) is 0 Å². The molecule has 0 unspecified atom stereocenters. The molecule has 3 rings (SSSR count). The highest BCUT2D eigenvalue weighted by Crippen LogP contribution is 2.14. The van der Waals surface area contributed by atoms with E-state index in [4.69, 9.17) is 4.74 Å². The highest BCUT2D eigenvalue weighted by molar-refractivity contribution is 5.94. The third-order valence-corrected chi connectivity index (χ3v) is 3.40. The summed E-state index contributed by atoms with van der Waals surface area (Å²) in [5, 5.41) is 2.87. The molecule has 0 aromatic carbocycles. The molecule has 1 saturated heterocycles. The molecule has 1 N–H and O–H groups in total. The van der Waals surface area contributed by atoms with E-state index in [-0.39, 0.29) is 12.0 Å². The number of rotatable bonds is 4. The van der Waals surface area contributed by atoms with Crippen molar-refractivity contribution in [2.24, 2.45) is 0 Å². The second-order valence-corrected chi connectivity index (χ2v) is 4.90. The van der Waals surface area contributed by atoms with E-state index in [1.807, 2.05) is 0 Å². The molecule has 0 aliphatic carbocycles. The monoisotopic (exact) mass is 284 g/mol. The third-order valence-electron chi connectivity index (χ3n) is 3.40. The number of nitrogens with one attached hydrogen (secondary N) is 1. The predicted octanol–water partition coefficient (Wildman–Crippen LogP) is 1.45. The Bertz CT molecular complexity index is 595. The summed E-state index contributed by atoms with van der Waals surface area (Å²) < 4.78 is 5.47. The highest BCUT2D eigenvalue weighted by Gasteiger charge is 2.16. The SMILES string of the molecule is O=C(NC[C@H]1CCCO1)c1ccc(-c2cncnc2)nc1. The van der Waals surface area contributed by atoms with E-state index >= 15 is 0 Å². The number of ether oxygens (including phenoxy) is 1. The van der Waals surface area contributed by atoms with E-state index in [9.17, 15) is 4.79 Å².